The molecule has 0 unspecified atom stereocenters. The summed E-state index contributed by atoms with van der Waals surface area (Å²) in [5, 5.41) is 2.10. The second-order valence-corrected chi connectivity index (χ2v) is 9.95. The first-order valence-electron chi connectivity index (χ1n) is 12.9. The molecule has 0 radical (unpaired) electrons. The minimum atomic E-state index is -0.0650. The molecule has 0 aliphatic rings. The molecule has 0 aliphatic carbocycles. The number of fused-ring (bicyclic) bond motifs is 5. The van der Waals surface area contributed by atoms with Gasteiger partial charge in [0.05, 0.1) is 22.2 Å². The number of aryl methyl sites for hydroxylation is 2. The highest BCUT2D eigenvalue weighted by Gasteiger charge is 2.16. The molecule has 2 aromatic heterocycles. The molecule has 0 saturated carbocycles. The van der Waals surface area contributed by atoms with Crippen LogP contribution in [0.15, 0.2) is 126 Å². The molecule has 2 heterocycles. The maximum absolute atomic E-state index is 14.0. The summed E-state index contributed by atoms with van der Waals surface area (Å²) in [5.41, 5.74) is 10.8. The molecule has 182 valence electrons. The van der Waals surface area contributed by atoms with Crippen LogP contribution in [0.5, 0.6) is 0 Å². The van der Waals surface area contributed by atoms with Crippen LogP contribution in [0.2, 0.25) is 0 Å². The average molecular weight is 491 g/mol. The Kier molecular flexibility index (Phi) is 5.05. The highest BCUT2D eigenvalue weighted by molar-refractivity contribution is 6.03. The van der Waals surface area contributed by atoms with Crippen molar-refractivity contribution in [3.8, 4) is 27.9 Å². The zero-order chi connectivity index (χ0) is 25.8. The lowest BCUT2D eigenvalue weighted by atomic mass is 9.92. The van der Waals surface area contributed by atoms with Crippen LogP contribution in [0.3, 0.4) is 0 Å². The van der Waals surface area contributed by atoms with Gasteiger partial charge in [0, 0.05) is 10.8 Å². The van der Waals surface area contributed by atoms with Gasteiger partial charge >= 0.3 is 5.69 Å². The van der Waals surface area contributed by atoms with Gasteiger partial charge in [-0.3, -0.25) is 8.97 Å². The van der Waals surface area contributed by atoms with E-state index in [-0.39, 0.29) is 5.69 Å². The van der Waals surface area contributed by atoms with Crippen LogP contribution in [-0.2, 0) is 0 Å². The number of hydrogen-bond donors (Lipinski definition) is 0. The fraction of sp³-hybridized carbons (Fsp3) is 0.0571. The first kappa shape index (κ1) is 22.3. The van der Waals surface area contributed by atoms with Gasteiger partial charge in [0.2, 0.25) is 0 Å². The van der Waals surface area contributed by atoms with Gasteiger partial charge in [0.1, 0.15) is 0 Å². The van der Waals surface area contributed by atoms with Crippen molar-refractivity contribution in [3.05, 3.63) is 143 Å². The summed E-state index contributed by atoms with van der Waals surface area (Å²) in [5.74, 6) is 0. The molecular weight excluding hydrogens is 464 g/mol. The summed E-state index contributed by atoms with van der Waals surface area (Å²) in [6.07, 6.45) is 0. The molecule has 0 amide bonds. The van der Waals surface area contributed by atoms with Crippen LogP contribution in [-0.4, -0.2) is 8.97 Å². The Hall–Kier alpha value is -4.89. The smallest absolute Gasteiger partial charge is 0.262 e. The van der Waals surface area contributed by atoms with Gasteiger partial charge in [-0.25, -0.2) is 4.79 Å². The third-order valence-corrected chi connectivity index (χ3v) is 7.63. The second-order valence-electron chi connectivity index (χ2n) is 9.95. The predicted octanol–water partition coefficient (Wildman–Crippen LogP) is 8.35. The maximum atomic E-state index is 14.0. The number of benzene rings is 5. The zero-order valence-corrected chi connectivity index (χ0v) is 21.3. The topological polar surface area (TPSA) is 26.4 Å². The minimum Gasteiger partial charge on any atom is -0.262 e. The van der Waals surface area contributed by atoms with Crippen LogP contribution >= 0.6 is 0 Å². The molecule has 0 aliphatic heterocycles. The Morgan fingerprint density at radius 3 is 2.05 bits per heavy atom. The summed E-state index contributed by atoms with van der Waals surface area (Å²) < 4.78 is 3.68. The van der Waals surface area contributed by atoms with Crippen molar-refractivity contribution in [1.82, 2.24) is 8.97 Å². The Bertz CT molecular complexity index is 2060. The molecule has 0 saturated heterocycles. The molecule has 7 aromatic rings. The van der Waals surface area contributed by atoms with E-state index < -0.39 is 0 Å². The van der Waals surface area contributed by atoms with E-state index in [4.69, 9.17) is 0 Å². The number of aromatic nitrogens is 2. The standard InChI is InChI=1S/C35H26N2O/c1-23-10-6-8-14-29(23)30-20-25(17-16-24(30)2)26-18-19-33-31(21-26)34-22-27-11-7-9-15-32(27)37(34)35(38)36(33)28-12-4-3-5-13-28/h3-22H,1-2H3. The number of para-hydroxylation sites is 2. The van der Waals surface area contributed by atoms with E-state index in [0.717, 1.165) is 44.1 Å². The van der Waals surface area contributed by atoms with Crippen molar-refractivity contribution in [2.75, 3.05) is 0 Å². The van der Waals surface area contributed by atoms with Crippen LogP contribution in [0.25, 0.3) is 55.3 Å². The SMILES string of the molecule is Cc1ccccc1-c1cc(-c2ccc3c(c2)c2cc4ccccc4n2c(=O)n3-c2ccccc2)ccc1C. The summed E-state index contributed by atoms with van der Waals surface area (Å²) >= 11 is 0. The van der Waals surface area contributed by atoms with Crippen molar-refractivity contribution in [1.29, 1.82) is 0 Å². The molecule has 7 rings (SSSR count). The van der Waals surface area contributed by atoms with Gasteiger partial charge in [-0.2, -0.15) is 0 Å². The molecule has 0 N–H and O–H groups in total. The second kappa shape index (κ2) is 8.60. The Labute approximate surface area is 220 Å². The summed E-state index contributed by atoms with van der Waals surface area (Å²) in [6.45, 7) is 4.33. The molecule has 0 bridgehead atoms. The highest BCUT2D eigenvalue weighted by Crippen LogP contribution is 2.34. The third-order valence-electron chi connectivity index (χ3n) is 7.63. The van der Waals surface area contributed by atoms with Crippen LogP contribution in [0.1, 0.15) is 11.1 Å². The Morgan fingerprint density at radius 1 is 0.526 bits per heavy atom. The van der Waals surface area contributed by atoms with E-state index >= 15 is 0 Å². The Balaban J connectivity index is 1.54. The largest absolute Gasteiger partial charge is 0.338 e. The molecule has 5 aromatic carbocycles. The maximum Gasteiger partial charge on any atom is 0.338 e. The first-order valence-corrected chi connectivity index (χ1v) is 12.9. The van der Waals surface area contributed by atoms with Crippen molar-refractivity contribution in [2.45, 2.75) is 13.8 Å². The van der Waals surface area contributed by atoms with Gasteiger partial charge in [0.15, 0.2) is 0 Å². The fourth-order valence-electron chi connectivity index (χ4n) is 5.67. The van der Waals surface area contributed by atoms with Crippen molar-refractivity contribution in [3.63, 3.8) is 0 Å². The van der Waals surface area contributed by atoms with Gasteiger partial charge in [0.25, 0.3) is 0 Å². The van der Waals surface area contributed by atoms with Crippen molar-refractivity contribution < 1.29 is 0 Å². The van der Waals surface area contributed by atoms with E-state index in [9.17, 15) is 4.79 Å². The zero-order valence-electron chi connectivity index (χ0n) is 21.3. The van der Waals surface area contributed by atoms with Crippen LogP contribution in [0, 0.1) is 13.8 Å². The van der Waals surface area contributed by atoms with Crippen LogP contribution in [0.4, 0.5) is 0 Å². The molecule has 38 heavy (non-hydrogen) atoms. The number of hydrogen-bond acceptors (Lipinski definition) is 1. The average Bonchev–Trinajstić information content (AvgIpc) is 3.35. The van der Waals surface area contributed by atoms with Gasteiger partial charge < -0.3 is 0 Å². The van der Waals surface area contributed by atoms with E-state index in [1.807, 2.05) is 57.5 Å². The normalized spacial score (nSPS) is 11.5. The summed E-state index contributed by atoms with van der Waals surface area (Å²) in [7, 11) is 0. The van der Waals surface area contributed by atoms with E-state index in [1.54, 1.807) is 0 Å². The molecule has 3 nitrogen and oxygen atoms in total. The lowest BCUT2D eigenvalue weighted by Crippen LogP contribution is -2.25. The monoisotopic (exact) mass is 490 g/mol. The lowest BCUT2D eigenvalue weighted by molar-refractivity contribution is 0.936. The molecular formula is C35H26N2O. The minimum absolute atomic E-state index is 0.0650. The summed E-state index contributed by atoms with van der Waals surface area (Å²) in [4.78, 5) is 14.0. The molecule has 3 heteroatoms. The highest BCUT2D eigenvalue weighted by atomic mass is 16.1. The van der Waals surface area contributed by atoms with E-state index in [2.05, 4.69) is 86.6 Å². The van der Waals surface area contributed by atoms with Crippen molar-refractivity contribution >= 4 is 27.3 Å². The lowest BCUT2D eigenvalue weighted by Gasteiger charge is -2.15. The molecule has 0 fully saturated rings. The van der Waals surface area contributed by atoms with Crippen LogP contribution < -0.4 is 5.69 Å². The van der Waals surface area contributed by atoms with E-state index in [0.29, 0.717) is 0 Å². The predicted molar refractivity (Wildman–Crippen MR) is 158 cm³/mol. The van der Waals surface area contributed by atoms with Gasteiger partial charge in [-0.05, 0) is 89.7 Å². The third kappa shape index (κ3) is 3.40. The fourth-order valence-corrected chi connectivity index (χ4v) is 5.67. The number of rotatable bonds is 3. The van der Waals surface area contributed by atoms with E-state index in [1.165, 1.54) is 22.3 Å². The summed E-state index contributed by atoms with van der Waals surface area (Å²) in [6, 6.07) is 41.8. The van der Waals surface area contributed by atoms with Gasteiger partial charge in [-0.1, -0.05) is 78.9 Å². The number of nitrogens with zero attached hydrogens (tertiary/aromatic N) is 2. The van der Waals surface area contributed by atoms with Crippen molar-refractivity contribution in [2.24, 2.45) is 0 Å². The molecule has 0 atom stereocenters. The quantitative estimate of drug-likeness (QED) is 0.244. The Morgan fingerprint density at radius 2 is 1.21 bits per heavy atom. The first-order chi connectivity index (χ1) is 18.6. The molecule has 0 spiro atoms. The van der Waals surface area contributed by atoms with Gasteiger partial charge in [-0.15, -0.1) is 0 Å².